The molecule has 0 spiro atoms. The Morgan fingerprint density at radius 2 is 2.20 bits per heavy atom. The van der Waals surface area contributed by atoms with E-state index in [0.29, 0.717) is 0 Å². The highest BCUT2D eigenvalue weighted by atomic mass is 32.1. The van der Waals surface area contributed by atoms with Gasteiger partial charge in [0.2, 0.25) is 0 Å². The van der Waals surface area contributed by atoms with Crippen LogP contribution in [0.1, 0.15) is 12.5 Å². The fourth-order valence-electron chi connectivity index (χ4n) is 1.52. The minimum Gasteiger partial charge on any atom is -0.395 e. The first kappa shape index (κ1) is 10.6. The van der Waals surface area contributed by atoms with Gasteiger partial charge in [-0.2, -0.15) is 0 Å². The molecule has 0 aliphatic rings. The second kappa shape index (κ2) is 4.75. The first-order chi connectivity index (χ1) is 7.31. The molecule has 1 aromatic carbocycles. The summed E-state index contributed by atoms with van der Waals surface area (Å²) in [4.78, 5) is 0. The topological polar surface area (TPSA) is 32.3 Å². The number of benzene rings is 1. The molecule has 15 heavy (non-hydrogen) atoms. The highest BCUT2D eigenvalue weighted by molar-refractivity contribution is 7.17. The molecule has 2 nitrogen and oxygen atoms in total. The van der Waals surface area contributed by atoms with Crippen molar-refractivity contribution in [3.63, 3.8) is 0 Å². The fraction of sp³-hybridized carbons (Fsp3) is 0.333. The molecule has 0 unspecified atom stereocenters. The van der Waals surface area contributed by atoms with Crippen molar-refractivity contribution in [2.75, 3.05) is 6.61 Å². The summed E-state index contributed by atoms with van der Waals surface area (Å²) in [6.45, 7) is 2.99. The van der Waals surface area contributed by atoms with E-state index in [2.05, 4.69) is 35.0 Å². The van der Waals surface area contributed by atoms with Crippen molar-refractivity contribution in [3.05, 3.63) is 35.2 Å². The lowest BCUT2D eigenvalue weighted by Gasteiger charge is -2.09. The number of fused-ring (bicyclic) bond motifs is 1. The van der Waals surface area contributed by atoms with Crippen LogP contribution < -0.4 is 5.32 Å². The molecule has 0 aliphatic carbocycles. The van der Waals surface area contributed by atoms with Gasteiger partial charge in [0.25, 0.3) is 0 Å². The highest BCUT2D eigenvalue weighted by Crippen LogP contribution is 2.25. The van der Waals surface area contributed by atoms with Crippen LogP contribution in [0.15, 0.2) is 29.6 Å². The predicted octanol–water partition coefficient (Wildman–Crippen LogP) is 2.37. The van der Waals surface area contributed by atoms with E-state index >= 15 is 0 Å². The number of hydrogen-bond acceptors (Lipinski definition) is 3. The number of thiophene rings is 1. The maximum absolute atomic E-state index is 8.92. The average Bonchev–Trinajstić information content (AvgIpc) is 2.69. The molecule has 2 rings (SSSR count). The largest absolute Gasteiger partial charge is 0.395 e. The summed E-state index contributed by atoms with van der Waals surface area (Å²) >= 11 is 1.77. The molecule has 1 atom stereocenters. The average molecular weight is 221 g/mol. The van der Waals surface area contributed by atoms with Crippen molar-refractivity contribution < 1.29 is 5.11 Å². The van der Waals surface area contributed by atoms with Gasteiger partial charge in [-0.25, -0.2) is 0 Å². The molecule has 3 heteroatoms. The molecular formula is C12H15NOS. The Labute approximate surface area is 93.6 Å². The molecule has 0 amide bonds. The first-order valence-electron chi connectivity index (χ1n) is 5.10. The Kier molecular flexibility index (Phi) is 3.36. The van der Waals surface area contributed by atoms with E-state index in [9.17, 15) is 0 Å². The molecule has 1 heterocycles. The van der Waals surface area contributed by atoms with Crippen LogP contribution >= 0.6 is 11.3 Å². The number of aliphatic hydroxyl groups excluding tert-OH is 1. The Morgan fingerprint density at radius 3 is 3.00 bits per heavy atom. The van der Waals surface area contributed by atoms with Gasteiger partial charge in [-0.1, -0.05) is 18.2 Å². The van der Waals surface area contributed by atoms with Crippen LogP contribution in [0.3, 0.4) is 0 Å². The normalized spacial score (nSPS) is 13.2. The third-order valence-electron chi connectivity index (χ3n) is 2.48. The van der Waals surface area contributed by atoms with Crippen molar-refractivity contribution in [3.8, 4) is 0 Å². The highest BCUT2D eigenvalue weighted by Gasteiger charge is 2.04. The summed E-state index contributed by atoms with van der Waals surface area (Å²) in [7, 11) is 0. The monoisotopic (exact) mass is 221 g/mol. The van der Waals surface area contributed by atoms with Gasteiger partial charge in [-0.3, -0.25) is 0 Å². The van der Waals surface area contributed by atoms with E-state index in [4.69, 9.17) is 5.11 Å². The number of aliphatic hydroxyl groups is 1. The Hall–Kier alpha value is -0.900. The van der Waals surface area contributed by atoms with Crippen LogP contribution in [0, 0.1) is 0 Å². The van der Waals surface area contributed by atoms with Gasteiger partial charge in [0.05, 0.1) is 6.61 Å². The zero-order valence-corrected chi connectivity index (χ0v) is 9.55. The van der Waals surface area contributed by atoms with E-state index < -0.39 is 0 Å². The summed E-state index contributed by atoms with van der Waals surface area (Å²) < 4.78 is 1.32. The fourth-order valence-corrected chi connectivity index (χ4v) is 2.48. The smallest absolute Gasteiger partial charge is 0.0582 e. The van der Waals surface area contributed by atoms with Gasteiger partial charge < -0.3 is 10.4 Å². The zero-order chi connectivity index (χ0) is 10.7. The van der Waals surface area contributed by atoms with Crippen LogP contribution in [-0.4, -0.2) is 17.8 Å². The van der Waals surface area contributed by atoms with Crippen LogP contribution in [0.2, 0.25) is 0 Å². The molecule has 2 N–H and O–H groups in total. The molecule has 1 aromatic heterocycles. The van der Waals surface area contributed by atoms with Crippen LogP contribution in [0.4, 0.5) is 0 Å². The number of nitrogens with one attached hydrogen (secondary N) is 1. The van der Waals surface area contributed by atoms with E-state index in [-0.39, 0.29) is 12.6 Å². The van der Waals surface area contributed by atoms with E-state index in [1.807, 2.05) is 6.92 Å². The molecule has 0 bridgehead atoms. The summed E-state index contributed by atoms with van der Waals surface area (Å²) in [6, 6.07) is 8.56. The summed E-state index contributed by atoms with van der Waals surface area (Å²) in [5, 5.41) is 15.7. The predicted molar refractivity (Wildman–Crippen MR) is 65.2 cm³/mol. The molecule has 0 radical (unpaired) electrons. The maximum atomic E-state index is 8.92. The lowest BCUT2D eigenvalue weighted by molar-refractivity contribution is 0.251. The number of rotatable bonds is 4. The van der Waals surface area contributed by atoms with Gasteiger partial charge in [-0.15, -0.1) is 11.3 Å². The second-order valence-electron chi connectivity index (χ2n) is 3.72. The third-order valence-corrected chi connectivity index (χ3v) is 3.49. The summed E-state index contributed by atoms with van der Waals surface area (Å²) in [5.74, 6) is 0. The second-order valence-corrected chi connectivity index (χ2v) is 4.63. The molecule has 0 saturated carbocycles. The first-order valence-corrected chi connectivity index (χ1v) is 5.98. The van der Waals surface area contributed by atoms with Crippen molar-refractivity contribution in [1.82, 2.24) is 5.32 Å². The third kappa shape index (κ3) is 2.37. The molecular weight excluding hydrogens is 206 g/mol. The molecule has 80 valence electrons. The van der Waals surface area contributed by atoms with Crippen molar-refractivity contribution in [2.24, 2.45) is 0 Å². The summed E-state index contributed by atoms with van der Waals surface area (Å²) in [6.07, 6.45) is 0. The quantitative estimate of drug-likeness (QED) is 0.830. The van der Waals surface area contributed by atoms with Crippen molar-refractivity contribution in [1.29, 1.82) is 0 Å². The van der Waals surface area contributed by atoms with E-state index in [1.165, 1.54) is 15.6 Å². The standard InChI is InChI=1S/C12H15NOS/c1-9(7-14)13-6-10-8-15-12-5-3-2-4-11(10)12/h2-5,8-9,13-14H,6-7H2,1H3/t9-/m1/s1. The van der Waals surface area contributed by atoms with Crippen LogP contribution in [-0.2, 0) is 6.54 Å². The molecule has 0 aliphatic heterocycles. The molecule has 0 saturated heterocycles. The Morgan fingerprint density at radius 1 is 1.40 bits per heavy atom. The summed E-state index contributed by atoms with van der Waals surface area (Å²) in [5.41, 5.74) is 1.32. The van der Waals surface area contributed by atoms with Gasteiger partial charge >= 0.3 is 0 Å². The minimum atomic E-state index is 0.156. The van der Waals surface area contributed by atoms with Crippen LogP contribution in [0.25, 0.3) is 10.1 Å². The Bertz CT molecular complexity index is 438. The molecule has 0 fully saturated rings. The van der Waals surface area contributed by atoms with Gasteiger partial charge in [0, 0.05) is 17.3 Å². The zero-order valence-electron chi connectivity index (χ0n) is 8.73. The van der Waals surface area contributed by atoms with Crippen molar-refractivity contribution in [2.45, 2.75) is 19.5 Å². The number of hydrogen-bond donors (Lipinski definition) is 2. The van der Waals surface area contributed by atoms with Gasteiger partial charge in [0.1, 0.15) is 0 Å². The minimum absolute atomic E-state index is 0.156. The Balaban J connectivity index is 2.14. The lowest BCUT2D eigenvalue weighted by Crippen LogP contribution is -2.28. The van der Waals surface area contributed by atoms with Crippen LogP contribution in [0.5, 0.6) is 0 Å². The SMILES string of the molecule is C[C@H](CO)NCc1csc2ccccc12. The van der Waals surface area contributed by atoms with Crippen molar-refractivity contribution >= 4 is 21.4 Å². The maximum Gasteiger partial charge on any atom is 0.0582 e. The molecule has 2 aromatic rings. The van der Waals surface area contributed by atoms with E-state index in [0.717, 1.165) is 6.54 Å². The van der Waals surface area contributed by atoms with E-state index in [1.54, 1.807) is 11.3 Å². The van der Waals surface area contributed by atoms with Gasteiger partial charge in [-0.05, 0) is 29.3 Å². The van der Waals surface area contributed by atoms with Gasteiger partial charge in [0.15, 0.2) is 0 Å². The lowest BCUT2D eigenvalue weighted by atomic mass is 10.2.